The number of thiocarbonyl (C=S) groups is 2. The third kappa shape index (κ3) is 3.75. The van der Waals surface area contributed by atoms with Gasteiger partial charge in [0.15, 0.2) is 0 Å². The lowest BCUT2D eigenvalue weighted by atomic mass is 10.2. The van der Waals surface area contributed by atoms with Crippen LogP contribution in [0.15, 0.2) is 28.0 Å². The summed E-state index contributed by atoms with van der Waals surface area (Å²) in [4.78, 5) is 33.4. The van der Waals surface area contributed by atoms with E-state index in [4.69, 9.17) is 24.4 Å². The van der Waals surface area contributed by atoms with Crippen LogP contribution in [0.5, 0.6) is 0 Å². The fourth-order valence-electron chi connectivity index (χ4n) is 2.44. The number of carbonyl (C=O) groups excluding carboxylic acids is 2. The Bertz CT molecular complexity index is 811. The number of amides is 2. The first-order chi connectivity index (χ1) is 12.4. The van der Waals surface area contributed by atoms with Crippen LogP contribution in [0.3, 0.4) is 0 Å². The molecular formula is C17H15N3O2S4. The first kappa shape index (κ1) is 19.2. The van der Waals surface area contributed by atoms with Gasteiger partial charge in [-0.1, -0.05) is 54.0 Å². The third-order valence-electron chi connectivity index (χ3n) is 3.73. The smallest absolute Gasteiger partial charge is 0.266 e. The van der Waals surface area contributed by atoms with Gasteiger partial charge in [-0.3, -0.25) is 19.4 Å². The highest BCUT2D eigenvalue weighted by molar-refractivity contribution is 8.27. The number of hydrogen-bond donors (Lipinski definition) is 0. The molecule has 0 unspecified atom stereocenters. The standard InChI is InChI=1S/C17H15N3O2S4/c1-3-19-14(21)12(25-16(19)23)8-10-6-5-7-11(18-10)9-13-15(22)20(4-2)17(24)26-13/h5-9H,3-4H2,1-2H3/b12-8+,13-9+. The van der Waals surface area contributed by atoms with Gasteiger partial charge in [-0.05, 0) is 38.1 Å². The van der Waals surface area contributed by atoms with Crippen LogP contribution in [0.25, 0.3) is 12.2 Å². The summed E-state index contributed by atoms with van der Waals surface area (Å²) in [5.41, 5.74) is 1.28. The van der Waals surface area contributed by atoms with Gasteiger partial charge in [0.1, 0.15) is 8.64 Å². The van der Waals surface area contributed by atoms with E-state index in [9.17, 15) is 9.59 Å². The Labute approximate surface area is 170 Å². The molecule has 0 atom stereocenters. The van der Waals surface area contributed by atoms with Gasteiger partial charge in [-0.15, -0.1) is 0 Å². The summed E-state index contributed by atoms with van der Waals surface area (Å²) in [6, 6.07) is 5.46. The molecule has 2 amide bonds. The molecule has 0 saturated carbocycles. The molecule has 0 radical (unpaired) electrons. The van der Waals surface area contributed by atoms with E-state index in [2.05, 4.69) is 4.98 Å². The minimum absolute atomic E-state index is 0.0986. The van der Waals surface area contributed by atoms with Gasteiger partial charge >= 0.3 is 0 Å². The molecule has 0 spiro atoms. The zero-order chi connectivity index (χ0) is 18.8. The van der Waals surface area contributed by atoms with Gasteiger partial charge in [0.25, 0.3) is 11.8 Å². The van der Waals surface area contributed by atoms with E-state index in [0.717, 1.165) is 0 Å². The summed E-state index contributed by atoms with van der Waals surface area (Å²) in [7, 11) is 0. The Balaban J connectivity index is 1.86. The monoisotopic (exact) mass is 421 g/mol. The molecule has 2 aliphatic rings. The molecule has 5 nitrogen and oxygen atoms in total. The number of likely N-dealkylation sites (N-methyl/N-ethyl adjacent to an activating group) is 2. The Hall–Kier alpha value is -1.55. The van der Waals surface area contributed by atoms with Gasteiger partial charge in [0, 0.05) is 13.1 Å². The summed E-state index contributed by atoms with van der Waals surface area (Å²) < 4.78 is 1.12. The van der Waals surface area contributed by atoms with Crippen molar-refractivity contribution in [1.82, 2.24) is 14.8 Å². The third-order valence-corrected chi connectivity index (χ3v) is 6.49. The van der Waals surface area contributed by atoms with Crippen molar-refractivity contribution in [3.8, 4) is 0 Å². The Morgan fingerprint density at radius 1 is 0.923 bits per heavy atom. The quantitative estimate of drug-likeness (QED) is 0.544. The van der Waals surface area contributed by atoms with E-state index in [1.807, 2.05) is 32.0 Å². The second kappa shape index (κ2) is 7.99. The Kier molecular flexibility index (Phi) is 5.91. The first-order valence-corrected chi connectivity index (χ1v) is 10.4. The van der Waals surface area contributed by atoms with Crippen molar-refractivity contribution < 1.29 is 9.59 Å². The molecule has 1 aromatic rings. The van der Waals surface area contributed by atoms with Crippen molar-refractivity contribution in [2.24, 2.45) is 0 Å². The van der Waals surface area contributed by atoms with Gasteiger partial charge in [-0.25, -0.2) is 4.98 Å². The number of thioether (sulfide) groups is 2. The number of aromatic nitrogens is 1. The predicted octanol–water partition coefficient (Wildman–Crippen LogP) is 3.52. The van der Waals surface area contributed by atoms with Crippen molar-refractivity contribution in [2.75, 3.05) is 13.1 Å². The van der Waals surface area contributed by atoms with E-state index in [0.29, 0.717) is 42.9 Å². The minimum atomic E-state index is -0.0986. The normalized spacial score (nSPS) is 21.0. The topological polar surface area (TPSA) is 53.5 Å². The maximum Gasteiger partial charge on any atom is 0.266 e. The van der Waals surface area contributed by atoms with Gasteiger partial charge in [0.05, 0.1) is 21.2 Å². The highest BCUT2D eigenvalue weighted by atomic mass is 32.2. The minimum Gasteiger partial charge on any atom is -0.293 e. The second-order valence-electron chi connectivity index (χ2n) is 5.34. The van der Waals surface area contributed by atoms with Crippen LogP contribution in [0.1, 0.15) is 25.2 Å². The van der Waals surface area contributed by atoms with E-state index in [-0.39, 0.29) is 11.8 Å². The molecule has 3 heterocycles. The van der Waals surface area contributed by atoms with Gasteiger partial charge in [0.2, 0.25) is 0 Å². The fraction of sp³-hybridized carbons (Fsp3) is 0.235. The van der Waals surface area contributed by atoms with E-state index >= 15 is 0 Å². The summed E-state index contributed by atoms with van der Waals surface area (Å²) in [5, 5.41) is 0. The van der Waals surface area contributed by atoms with Gasteiger partial charge < -0.3 is 0 Å². The SMILES string of the molecule is CCN1C(=O)/C(=C\c2cccc(/C=C3/SC(=S)N(CC)C3=O)n2)SC1=S. The Morgan fingerprint density at radius 3 is 1.69 bits per heavy atom. The highest BCUT2D eigenvalue weighted by Crippen LogP contribution is 2.33. The summed E-state index contributed by atoms with van der Waals surface area (Å²) in [5.74, 6) is -0.197. The second-order valence-corrected chi connectivity index (χ2v) is 8.69. The van der Waals surface area contributed by atoms with Crippen molar-refractivity contribution in [2.45, 2.75) is 13.8 Å². The van der Waals surface area contributed by atoms with Crippen LogP contribution in [-0.2, 0) is 9.59 Å². The van der Waals surface area contributed by atoms with Crippen LogP contribution in [-0.4, -0.2) is 48.3 Å². The number of hydrogen-bond acceptors (Lipinski definition) is 7. The predicted molar refractivity (Wildman–Crippen MR) is 115 cm³/mol. The lowest BCUT2D eigenvalue weighted by Gasteiger charge is -2.09. The lowest BCUT2D eigenvalue weighted by molar-refractivity contribution is -0.122. The number of rotatable bonds is 4. The molecule has 2 saturated heterocycles. The van der Waals surface area contributed by atoms with Crippen molar-refractivity contribution in [3.63, 3.8) is 0 Å². The lowest BCUT2D eigenvalue weighted by Crippen LogP contribution is -2.27. The molecule has 2 aliphatic heterocycles. The summed E-state index contributed by atoms with van der Waals surface area (Å²) in [6.45, 7) is 4.88. The average Bonchev–Trinajstić information content (AvgIpc) is 3.03. The molecule has 0 bridgehead atoms. The van der Waals surface area contributed by atoms with Crippen LogP contribution in [0.2, 0.25) is 0 Å². The van der Waals surface area contributed by atoms with Crippen LogP contribution in [0, 0.1) is 0 Å². The largest absolute Gasteiger partial charge is 0.293 e. The number of pyridine rings is 1. The molecule has 9 heteroatoms. The molecule has 1 aromatic heterocycles. The highest BCUT2D eigenvalue weighted by Gasteiger charge is 2.31. The molecule has 0 aliphatic carbocycles. The Morgan fingerprint density at radius 2 is 1.35 bits per heavy atom. The molecule has 2 fully saturated rings. The van der Waals surface area contributed by atoms with E-state index in [1.165, 1.54) is 23.5 Å². The van der Waals surface area contributed by atoms with Crippen LogP contribution < -0.4 is 0 Å². The van der Waals surface area contributed by atoms with Crippen LogP contribution in [0.4, 0.5) is 0 Å². The fourth-order valence-corrected chi connectivity index (χ4v) is 5.18. The molecule has 134 valence electrons. The average molecular weight is 422 g/mol. The molecule has 0 N–H and O–H groups in total. The maximum absolute atomic E-state index is 12.3. The molecule has 0 aromatic carbocycles. The number of nitrogens with zero attached hydrogens (tertiary/aromatic N) is 3. The summed E-state index contributed by atoms with van der Waals surface area (Å²) in [6.07, 6.45) is 3.45. The molecule has 26 heavy (non-hydrogen) atoms. The summed E-state index contributed by atoms with van der Waals surface area (Å²) >= 11 is 13.0. The van der Waals surface area contributed by atoms with Crippen LogP contribution >= 0.6 is 48.0 Å². The molecule has 3 rings (SSSR count). The van der Waals surface area contributed by atoms with E-state index < -0.39 is 0 Å². The number of carbonyl (C=O) groups is 2. The van der Waals surface area contributed by atoms with Crippen molar-refractivity contribution >= 4 is 80.6 Å². The van der Waals surface area contributed by atoms with E-state index in [1.54, 1.807) is 22.0 Å². The van der Waals surface area contributed by atoms with Crippen molar-refractivity contribution in [3.05, 3.63) is 39.4 Å². The molecular weight excluding hydrogens is 406 g/mol. The van der Waals surface area contributed by atoms with Crippen molar-refractivity contribution in [1.29, 1.82) is 0 Å². The van der Waals surface area contributed by atoms with Gasteiger partial charge in [-0.2, -0.15) is 0 Å². The maximum atomic E-state index is 12.3. The first-order valence-electron chi connectivity index (χ1n) is 7.92. The zero-order valence-corrected chi connectivity index (χ0v) is 17.4. The zero-order valence-electron chi connectivity index (χ0n) is 14.1.